The van der Waals surface area contributed by atoms with Crippen LogP contribution >= 0.6 is 0 Å². The van der Waals surface area contributed by atoms with E-state index in [1.54, 1.807) is 30.0 Å². The molecule has 1 unspecified atom stereocenters. The standard InChI is InChI=1S/C22H26N2O4/c1-3-4-13-24-19-15-17(10-11-20(19)28-16(2)22(24)26)23-21(25)12-14-27-18-8-6-5-7-9-18/h5-11,15-16H,3-4,12-14H2,1-2H3,(H,23,25). The molecule has 2 amide bonds. The smallest absolute Gasteiger partial charge is 0.267 e. The summed E-state index contributed by atoms with van der Waals surface area (Å²) in [5.74, 6) is 1.20. The lowest BCUT2D eigenvalue weighted by Crippen LogP contribution is -2.44. The van der Waals surface area contributed by atoms with Crippen LogP contribution in [0.4, 0.5) is 11.4 Å². The van der Waals surface area contributed by atoms with E-state index in [1.165, 1.54) is 0 Å². The monoisotopic (exact) mass is 382 g/mol. The van der Waals surface area contributed by atoms with Gasteiger partial charge in [-0.2, -0.15) is 0 Å². The minimum absolute atomic E-state index is 0.0549. The van der Waals surface area contributed by atoms with Crippen LogP contribution in [0.15, 0.2) is 48.5 Å². The molecule has 6 nitrogen and oxygen atoms in total. The molecular weight excluding hydrogens is 356 g/mol. The van der Waals surface area contributed by atoms with E-state index in [0.717, 1.165) is 18.6 Å². The summed E-state index contributed by atoms with van der Waals surface area (Å²) < 4.78 is 11.3. The van der Waals surface area contributed by atoms with Gasteiger partial charge in [-0.05, 0) is 43.7 Å². The van der Waals surface area contributed by atoms with Gasteiger partial charge in [-0.3, -0.25) is 9.59 Å². The van der Waals surface area contributed by atoms with Crippen molar-refractivity contribution in [2.75, 3.05) is 23.4 Å². The Bertz CT molecular complexity index is 823. The molecule has 0 bridgehead atoms. The van der Waals surface area contributed by atoms with Crippen molar-refractivity contribution in [3.8, 4) is 11.5 Å². The van der Waals surface area contributed by atoms with Crippen LogP contribution in [0, 0.1) is 0 Å². The van der Waals surface area contributed by atoms with Gasteiger partial charge in [0.2, 0.25) is 5.91 Å². The molecule has 0 spiro atoms. The van der Waals surface area contributed by atoms with Crippen molar-refractivity contribution in [3.63, 3.8) is 0 Å². The van der Waals surface area contributed by atoms with Gasteiger partial charge in [-0.25, -0.2) is 0 Å². The number of rotatable bonds is 8. The number of carbonyl (C=O) groups excluding carboxylic acids is 2. The molecule has 0 saturated heterocycles. The third kappa shape index (κ3) is 4.82. The van der Waals surface area contributed by atoms with Crippen molar-refractivity contribution < 1.29 is 19.1 Å². The van der Waals surface area contributed by atoms with Gasteiger partial charge in [0.05, 0.1) is 18.7 Å². The molecular formula is C22H26N2O4. The number of hydrogen-bond acceptors (Lipinski definition) is 4. The lowest BCUT2D eigenvalue weighted by molar-refractivity contribution is -0.125. The Morgan fingerprint density at radius 3 is 2.75 bits per heavy atom. The van der Waals surface area contributed by atoms with Crippen LogP contribution < -0.4 is 19.7 Å². The highest BCUT2D eigenvalue weighted by molar-refractivity contribution is 6.01. The number of amides is 2. The molecule has 1 aliphatic rings. The zero-order valence-corrected chi connectivity index (χ0v) is 16.3. The molecule has 0 radical (unpaired) electrons. The Labute approximate surface area is 165 Å². The van der Waals surface area contributed by atoms with Crippen LogP contribution in [0.5, 0.6) is 11.5 Å². The first-order valence-electron chi connectivity index (χ1n) is 9.68. The molecule has 0 aromatic heterocycles. The van der Waals surface area contributed by atoms with E-state index in [2.05, 4.69) is 12.2 Å². The Morgan fingerprint density at radius 2 is 2.00 bits per heavy atom. The Hall–Kier alpha value is -3.02. The predicted molar refractivity (Wildman–Crippen MR) is 109 cm³/mol. The summed E-state index contributed by atoms with van der Waals surface area (Å²) in [7, 11) is 0. The maximum atomic E-state index is 12.5. The number of fused-ring (bicyclic) bond motifs is 1. The highest BCUT2D eigenvalue weighted by Gasteiger charge is 2.31. The van der Waals surface area contributed by atoms with Crippen molar-refractivity contribution in [3.05, 3.63) is 48.5 Å². The number of nitrogens with one attached hydrogen (secondary N) is 1. The molecule has 148 valence electrons. The normalized spacial score (nSPS) is 15.6. The van der Waals surface area contributed by atoms with Gasteiger partial charge in [0.25, 0.3) is 5.91 Å². The topological polar surface area (TPSA) is 67.9 Å². The molecule has 28 heavy (non-hydrogen) atoms. The van der Waals surface area contributed by atoms with Crippen LogP contribution in [0.1, 0.15) is 33.1 Å². The van der Waals surface area contributed by atoms with Gasteiger partial charge in [-0.1, -0.05) is 31.5 Å². The zero-order chi connectivity index (χ0) is 19.9. The lowest BCUT2D eigenvalue weighted by Gasteiger charge is -2.33. The highest BCUT2D eigenvalue weighted by atomic mass is 16.5. The Kier molecular flexibility index (Phi) is 6.53. The van der Waals surface area contributed by atoms with E-state index in [9.17, 15) is 9.59 Å². The maximum Gasteiger partial charge on any atom is 0.267 e. The number of hydrogen-bond donors (Lipinski definition) is 1. The van der Waals surface area contributed by atoms with Gasteiger partial charge in [0.1, 0.15) is 11.5 Å². The third-order valence-corrected chi connectivity index (χ3v) is 4.53. The van der Waals surface area contributed by atoms with Crippen LogP contribution in [-0.4, -0.2) is 31.1 Å². The van der Waals surface area contributed by atoms with Gasteiger partial charge in [0.15, 0.2) is 6.10 Å². The molecule has 0 aliphatic carbocycles. The summed E-state index contributed by atoms with van der Waals surface area (Å²) in [4.78, 5) is 26.5. The van der Waals surface area contributed by atoms with Crippen molar-refractivity contribution >= 4 is 23.2 Å². The quantitative estimate of drug-likeness (QED) is 0.749. The summed E-state index contributed by atoms with van der Waals surface area (Å²) in [5, 5.41) is 2.87. The summed E-state index contributed by atoms with van der Waals surface area (Å²) >= 11 is 0. The molecule has 2 aromatic rings. The Balaban J connectivity index is 1.62. The average Bonchev–Trinajstić information content (AvgIpc) is 2.69. The number of anilines is 2. The predicted octanol–water partition coefficient (Wildman–Crippen LogP) is 4.01. The van der Waals surface area contributed by atoms with Gasteiger partial charge >= 0.3 is 0 Å². The molecule has 1 heterocycles. The van der Waals surface area contributed by atoms with Crippen molar-refractivity contribution in [2.45, 2.75) is 39.2 Å². The average molecular weight is 382 g/mol. The zero-order valence-electron chi connectivity index (χ0n) is 16.3. The second-order valence-electron chi connectivity index (χ2n) is 6.75. The van der Waals surface area contributed by atoms with E-state index < -0.39 is 6.10 Å². The molecule has 1 atom stereocenters. The number of nitrogens with zero attached hydrogens (tertiary/aromatic N) is 1. The fraction of sp³-hybridized carbons (Fsp3) is 0.364. The first kappa shape index (κ1) is 19.7. The highest BCUT2D eigenvalue weighted by Crippen LogP contribution is 2.36. The molecule has 0 saturated carbocycles. The Morgan fingerprint density at radius 1 is 1.21 bits per heavy atom. The van der Waals surface area contributed by atoms with E-state index in [-0.39, 0.29) is 18.2 Å². The summed E-state index contributed by atoms with van der Waals surface area (Å²) in [5.41, 5.74) is 1.34. The van der Waals surface area contributed by atoms with Crippen LogP contribution in [0.3, 0.4) is 0 Å². The summed E-state index contributed by atoms with van der Waals surface area (Å²) in [6.07, 6.45) is 1.63. The van der Waals surface area contributed by atoms with E-state index in [0.29, 0.717) is 30.3 Å². The molecule has 2 aromatic carbocycles. The number of ether oxygens (including phenoxy) is 2. The third-order valence-electron chi connectivity index (χ3n) is 4.53. The maximum absolute atomic E-state index is 12.5. The van der Waals surface area contributed by atoms with E-state index in [1.807, 2.05) is 30.3 Å². The minimum atomic E-state index is -0.500. The van der Waals surface area contributed by atoms with Crippen LogP contribution in [0.25, 0.3) is 0 Å². The number of benzene rings is 2. The fourth-order valence-corrected chi connectivity index (χ4v) is 3.03. The van der Waals surface area contributed by atoms with Crippen molar-refractivity contribution in [2.24, 2.45) is 0 Å². The minimum Gasteiger partial charge on any atom is -0.493 e. The van der Waals surface area contributed by atoms with E-state index in [4.69, 9.17) is 9.47 Å². The summed E-state index contributed by atoms with van der Waals surface area (Å²) in [6, 6.07) is 14.8. The van der Waals surface area contributed by atoms with Gasteiger partial charge in [-0.15, -0.1) is 0 Å². The first-order valence-corrected chi connectivity index (χ1v) is 9.68. The molecule has 1 aliphatic heterocycles. The molecule has 0 fully saturated rings. The fourth-order valence-electron chi connectivity index (χ4n) is 3.03. The SMILES string of the molecule is CCCCN1C(=O)C(C)Oc2ccc(NC(=O)CCOc3ccccc3)cc21. The second kappa shape index (κ2) is 9.26. The lowest BCUT2D eigenvalue weighted by atomic mass is 10.1. The first-order chi connectivity index (χ1) is 13.6. The number of para-hydroxylation sites is 1. The van der Waals surface area contributed by atoms with Crippen molar-refractivity contribution in [1.82, 2.24) is 0 Å². The molecule has 3 rings (SSSR count). The number of unbranched alkanes of at least 4 members (excludes halogenated alkanes) is 1. The molecule has 1 N–H and O–H groups in total. The van der Waals surface area contributed by atoms with Crippen LogP contribution in [-0.2, 0) is 9.59 Å². The largest absolute Gasteiger partial charge is 0.493 e. The van der Waals surface area contributed by atoms with Crippen LogP contribution in [0.2, 0.25) is 0 Å². The number of carbonyl (C=O) groups is 2. The van der Waals surface area contributed by atoms with Gasteiger partial charge < -0.3 is 19.7 Å². The molecule has 6 heteroatoms. The van der Waals surface area contributed by atoms with Crippen molar-refractivity contribution in [1.29, 1.82) is 0 Å². The summed E-state index contributed by atoms with van der Waals surface area (Å²) in [6.45, 7) is 4.77. The van der Waals surface area contributed by atoms with E-state index >= 15 is 0 Å². The van der Waals surface area contributed by atoms with Gasteiger partial charge in [0, 0.05) is 12.2 Å². The second-order valence-corrected chi connectivity index (χ2v) is 6.75.